The lowest BCUT2D eigenvalue weighted by Gasteiger charge is -2.28. The molecule has 3 rings (SSSR count). The van der Waals surface area contributed by atoms with Gasteiger partial charge >= 0.3 is 0 Å². The molecule has 1 atom stereocenters. The van der Waals surface area contributed by atoms with Crippen LogP contribution < -0.4 is 17.2 Å². The Balaban J connectivity index is 2.08. The van der Waals surface area contributed by atoms with Gasteiger partial charge in [0.1, 0.15) is 17.2 Å². The normalized spacial score (nSPS) is 21.2. The van der Waals surface area contributed by atoms with Gasteiger partial charge in [0.25, 0.3) is 0 Å². The van der Waals surface area contributed by atoms with Crippen LogP contribution in [0, 0.1) is 0 Å². The number of anilines is 1. The first-order valence-electron chi connectivity index (χ1n) is 6.66. The van der Waals surface area contributed by atoms with E-state index in [2.05, 4.69) is 15.0 Å². The highest BCUT2D eigenvalue weighted by Gasteiger charge is 2.38. The minimum absolute atomic E-state index is 0.112. The number of rotatable bonds is 2. The fourth-order valence-electron chi connectivity index (χ4n) is 2.34. The van der Waals surface area contributed by atoms with Gasteiger partial charge in [-0.2, -0.15) is 0 Å². The predicted octanol–water partition coefficient (Wildman–Crippen LogP) is 1.37. The first-order valence-corrected chi connectivity index (χ1v) is 6.66. The van der Waals surface area contributed by atoms with Crippen LogP contribution in [0.5, 0.6) is 0 Å². The SMILES string of the molecule is NC1=CC=C(F)C(N)(c2nccc(-c3cccnc3N)n2)C1. The number of aromatic nitrogens is 3. The fourth-order valence-corrected chi connectivity index (χ4v) is 2.34. The van der Waals surface area contributed by atoms with Gasteiger partial charge in [-0.1, -0.05) is 0 Å². The maximum atomic E-state index is 14.2. The number of hydrogen-bond acceptors (Lipinski definition) is 6. The van der Waals surface area contributed by atoms with E-state index in [1.54, 1.807) is 24.4 Å². The van der Waals surface area contributed by atoms with Gasteiger partial charge in [-0.15, -0.1) is 0 Å². The topological polar surface area (TPSA) is 117 Å². The summed E-state index contributed by atoms with van der Waals surface area (Å²) in [5.41, 5.74) is 17.9. The van der Waals surface area contributed by atoms with Gasteiger partial charge in [0, 0.05) is 30.1 Å². The molecule has 22 heavy (non-hydrogen) atoms. The second-order valence-corrected chi connectivity index (χ2v) is 5.11. The smallest absolute Gasteiger partial charge is 0.156 e. The first kappa shape index (κ1) is 14.2. The summed E-state index contributed by atoms with van der Waals surface area (Å²) in [7, 11) is 0. The Morgan fingerprint density at radius 1 is 1.09 bits per heavy atom. The second-order valence-electron chi connectivity index (χ2n) is 5.11. The molecule has 1 unspecified atom stereocenters. The van der Waals surface area contributed by atoms with Crippen molar-refractivity contribution in [3.8, 4) is 11.3 Å². The van der Waals surface area contributed by atoms with Gasteiger partial charge in [-0.05, 0) is 30.4 Å². The summed E-state index contributed by atoms with van der Waals surface area (Å²) in [6, 6.07) is 5.19. The predicted molar refractivity (Wildman–Crippen MR) is 81.6 cm³/mol. The Hall–Kier alpha value is -2.80. The summed E-state index contributed by atoms with van der Waals surface area (Å²) in [5, 5.41) is 0. The van der Waals surface area contributed by atoms with Crippen LogP contribution in [0.25, 0.3) is 11.3 Å². The minimum Gasteiger partial charge on any atom is -0.402 e. The molecule has 0 aromatic carbocycles. The number of halogens is 1. The van der Waals surface area contributed by atoms with Crippen molar-refractivity contribution < 1.29 is 4.39 Å². The Labute approximate surface area is 126 Å². The van der Waals surface area contributed by atoms with Crippen LogP contribution in [0.3, 0.4) is 0 Å². The number of pyridine rings is 1. The first-order chi connectivity index (χ1) is 10.5. The molecule has 0 spiro atoms. The zero-order valence-corrected chi connectivity index (χ0v) is 11.7. The molecule has 112 valence electrons. The van der Waals surface area contributed by atoms with Gasteiger partial charge < -0.3 is 17.2 Å². The van der Waals surface area contributed by atoms with E-state index < -0.39 is 11.4 Å². The number of hydrogen-bond donors (Lipinski definition) is 3. The molecule has 6 N–H and O–H groups in total. The average Bonchev–Trinajstić information content (AvgIpc) is 2.52. The van der Waals surface area contributed by atoms with Crippen molar-refractivity contribution in [3.05, 3.63) is 60.1 Å². The van der Waals surface area contributed by atoms with Crippen LogP contribution in [0.15, 0.2) is 54.3 Å². The third-order valence-electron chi connectivity index (χ3n) is 3.52. The average molecular weight is 298 g/mol. The molecule has 6 nitrogen and oxygen atoms in total. The molecule has 7 heteroatoms. The lowest BCUT2D eigenvalue weighted by molar-refractivity contribution is 0.378. The molecule has 2 heterocycles. The summed E-state index contributed by atoms with van der Waals surface area (Å²) in [6.07, 6.45) is 5.94. The standard InChI is InChI=1S/C15H15FN6/c16-12-4-3-9(17)8-15(12,19)14-21-7-5-11(22-14)10-2-1-6-20-13(10)18/h1-7H,8,17,19H2,(H2,18,20). The van der Waals surface area contributed by atoms with E-state index in [1.165, 1.54) is 18.3 Å². The highest BCUT2D eigenvalue weighted by Crippen LogP contribution is 2.34. The molecule has 0 amide bonds. The van der Waals surface area contributed by atoms with E-state index in [1.807, 2.05) is 0 Å². The minimum atomic E-state index is -1.47. The second kappa shape index (κ2) is 5.19. The fraction of sp³-hybridized carbons (Fsp3) is 0.133. The molecule has 0 aliphatic heterocycles. The Morgan fingerprint density at radius 2 is 1.91 bits per heavy atom. The highest BCUT2D eigenvalue weighted by atomic mass is 19.1. The van der Waals surface area contributed by atoms with E-state index in [4.69, 9.17) is 17.2 Å². The molecule has 1 aliphatic carbocycles. The van der Waals surface area contributed by atoms with Crippen LogP contribution in [-0.4, -0.2) is 15.0 Å². The molecule has 0 bridgehead atoms. The monoisotopic (exact) mass is 298 g/mol. The number of nitrogen functional groups attached to an aromatic ring is 1. The zero-order chi connectivity index (χ0) is 15.7. The quantitative estimate of drug-likeness (QED) is 0.771. The molecule has 0 radical (unpaired) electrons. The summed E-state index contributed by atoms with van der Waals surface area (Å²) in [4.78, 5) is 12.5. The third kappa shape index (κ3) is 2.31. The zero-order valence-electron chi connectivity index (χ0n) is 11.7. The van der Waals surface area contributed by atoms with Crippen LogP contribution in [0.2, 0.25) is 0 Å². The third-order valence-corrected chi connectivity index (χ3v) is 3.52. The van der Waals surface area contributed by atoms with Crippen molar-refractivity contribution in [1.29, 1.82) is 0 Å². The van der Waals surface area contributed by atoms with Crippen molar-refractivity contribution in [2.45, 2.75) is 12.0 Å². The molecule has 1 aliphatic rings. The Kier molecular flexibility index (Phi) is 3.34. The van der Waals surface area contributed by atoms with E-state index >= 15 is 0 Å². The molecule has 0 saturated carbocycles. The lowest BCUT2D eigenvalue weighted by atomic mass is 9.88. The van der Waals surface area contributed by atoms with E-state index in [-0.39, 0.29) is 12.2 Å². The molecule has 0 fully saturated rings. The van der Waals surface area contributed by atoms with Crippen molar-refractivity contribution in [2.24, 2.45) is 11.5 Å². The summed E-state index contributed by atoms with van der Waals surface area (Å²) < 4.78 is 14.2. The van der Waals surface area contributed by atoms with Crippen molar-refractivity contribution in [1.82, 2.24) is 15.0 Å². The van der Waals surface area contributed by atoms with E-state index in [9.17, 15) is 4.39 Å². The van der Waals surface area contributed by atoms with Gasteiger partial charge in [-0.3, -0.25) is 0 Å². The maximum Gasteiger partial charge on any atom is 0.156 e. The number of allylic oxidation sites excluding steroid dienone is 2. The molecule has 0 saturated heterocycles. The molecular formula is C15H15FN6. The number of nitrogens with two attached hydrogens (primary N) is 3. The van der Waals surface area contributed by atoms with Crippen LogP contribution >= 0.6 is 0 Å². The lowest BCUT2D eigenvalue weighted by Crippen LogP contribution is -2.42. The summed E-state index contributed by atoms with van der Waals surface area (Å²) in [5.74, 6) is -0.0478. The summed E-state index contributed by atoms with van der Waals surface area (Å²) in [6.45, 7) is 0. The maximum absolute atomic E-state index is 14.2. The van der Waals surface area contributed by atoms with Crippen molar-refractivity contribution in [2.75, 3.05) is 5.73 Å². The summed E-state index contributed by atoms with van der Waals surface area (Å²) >= 11 is 0. The van der Waals surface area contributed by atoms with E-state index in [0.717, 1.165) is 0 Å². The van der Waals surface area contributed by atoms with Gasteiger partial charge in [-0.25, -0.2) is 19.3 Å². The Morgan fingerprint density at radius 3 is 2.68 bits per heavy atom. The van der Waals surface area contributed by atoms with Gasteiger partial charge in [0.2, 0.25) is 0 Å². The highest BCUT2D eigenvalue weighted by molar-refractivity contribution is 5.70. The van der Waals surface area contributed by atoms with Crippen LogP contribution in [0.1, 0.15) is 12.2 Å². The van der Waals surface area contributed by atoms with Crippen LogP contribution in [-0.2, 0) is 5.54 Å². The largest absolute Gasteiger partial charge is 0.402 e. The van der Waals surface area contributed by atoms with Crippen molar-refractivity contribution >= 4 is 5.82 Å². The molecular weight excluding hydrogens is 283 g/mol. The Bertz CT molecular complexity index is 785. The van der Waals surface area contributed by atoms with Crippen LogP contribution in [0.4, 0.5) is 10.2 Å². The van der Waals surface area contributed by atoms with Gasteiger partial charge in [0.15, 0.2) is 5.82 Å². The van der Waals surface area contributed by atoms with Gasteiger partial charge in [0.05, 0.1) is 5.69 Å². The molecule has 2 aromatic rings. The number of nitrogens with zero attached hydrogens (tertiary/aromatic N) is 3. The molecule has 2 aromatic heterocycles. The van der Waals surface area contributed by atoms with Crippen molar-refractivity contribution in [3.63, 3.8) is 0 Å². The van der Waals surface area contributed by atoms with E-state index in [0.29, 0.717) is 22.8 Å².